The first-order valence-corrected chi connectivity index (χ1v) is 9.60. The molecule has 1 aliphatic rings. The fraction of sp³-hybridized carbons (Fsp3) is 0.318. The average molecular weight is 394 g/mol. The first kappa shape index (κ1) is 20.5. The molecule has 1 aliphatic heterocycles. The maximum Gasteiger partial charge on any atom is 0.326 e. The van der Waals surface area contributed by atoms with E-state index in [0.717, 1.165) is 11.1 Å². The van der Waals surface area contributed by atoms with E-state index in [4.69, 9.17) is 0 Å². The molecular weight excluding hydrogens is 368 g/mol. The fourth-order valence-electron chi connectivity index (χ4n) is 3.63. The zero-order valence-electron chi connectivity index (χ0n) is 16.9. The Morgan fingerprint density at radius 2 is 1.76 bits per heavy atom. The molecule has 29 heavy (non-hydrogen) atoms. The molecule has 1 atom stereocenters. The van der Waals surface area contributed by atoms with Crippen LogP contribution in [0.1, 0.15) is 34.8 Å². The lowest BCUT2D eigenvalue weighted by Gasteiger charge is -2.27. The predicted octanol–water partition coefficient (Wildman–Crippen LogP) is 2.29. The number of imide groups is 1. The molecule has 0 saturated carbocycles. The van der Waals surface area contributed by atoms with Crippen molar-refractivity contribution >= 4 is 17.8 Å². The molecule has 7 heteroatoms. The number of nitrogens with zero attached hydrogens (tertiary/aromatic N) is 2. The Bertz CT molecular complexity index is 898. The van der Waals surface area contributed by atoms with Gasteiger partial charge in [0, 0.05) is 19.2 Å². The molecule has 0 unspecified atom stereocenters. The highest BCUT2D eigenvalue weighted by atomic mass is 16.2. The zero-order chi connectivity index (χ0) is 21.0. The molecule has 1 saturated heterocycles. The van der Waals surface area contributed by atoms with E-state index in [9.17, 15) is 14.4 Å². The third-order valence-electron chi connectivity index (χ3n) is 5.25. The summed E-state index contributed by atoms with van der Waals surface area (Å²) in [7, 11) is 3.44. The number of carbonyl (C=O) groups excluding carboxylic acids is 3. The van der Waals surface area contributed by atoms with E-state index in [2.05, 4.69) is 10.6 Å². The third kappa shape index (κ3) is 4.00. The topological polar surface area (TPSA) is 81.8 Å². The zero-order valence-corrected chi connectivity index (χ0v) is 16.9. The Balaban J connectivity index is 1.70. The van der Waals surface area contributed by atoms with Gasteiger partial charge in [-0.05, 0) is 36.7 Å². The minimum atomic E-state index is -1.02. The SMILES string of the molecule is CC[C@]1(c2ccccc2)NC(=O)N(CN(C)Cc2ccc(C(=O)NC)cc2)C1=O. The monoisotopic (exact) mass is 394 g/mol. The lowest BCUT2D eigenvalue weighted by Crippen LogP contribution is -2.44. The summed E-state index contributed by atoms with van der Waals surface area (Å²) in [5, 5.41) is 5.48. The number of hydrogen-bond donors (Lipinski definition) is 2. The predicted molar refractivity (Wildman–Crippen MR) is 110 cm³/mol. The van der Waals surface area contributed by atoms with Gasteiger partial charge >= 0.3 is 6.03 Å². The Hall–Kier alpha value is -3.19. The molecule has 1 heterocycles. The molecule has 0 bridgehead atoms. The van der Waals surface area contributed by atoms with Gasteiger partial charge in [0.1, 0.15) is 5.54 Å². The summed E-state index contributed by atoms with van der Waals surface area (Å²) in [4.78, 5) is 40.6. The number of nitrogens with one attached hydrogen (secondary N) is 2. The lowest BCUT2D eigenvalue weighted by atomic mass is 9.87. The molecule has 2 N–H and O–H groups in total. The van der Waals surface area contributed by atoms with Crippen molar-refractivity contribution in [1.29, 1.82) is 0 Å². The smallest absolute Gasteiger partial charge is 0.326 e. The number of urea groups is 1. The van der Waals surface area contributed by atoms with Crippen molar-refractivity contribution in [2.75, 3.05) is 20.8 Å². The molecular formula is C22H26N4O3. The summed E-state index contributed by atoms with van der Waals surface area (Å²) in [5.74, 6) is -0.376. The van der Waals surface area contributed by atoms with Crippen LogP contribution in [0, 0.1) is 0 Å². The summed E-state index contributed by atoms with van der Waals surface area (Å²) in [6, 6.07) is 16.2. The van der Waals surface area contributed by atoms with Gasteiger partial charge in [-0.3, -0.25) is 14.5 Å². The second kappa shape index (κ2) is 8.45. The van der Waals surface area contributed by atoms with Gasteiger partial charge in [-0.2, -0.15) is 0 Å². The van der Waals surface area contributed by atoms with Crippen LogP contribution in [0.5, 0.6) is 0 Å². The van der Waals surface area contributed by atoms with Gasteiger partial charge < -0.3 is 10.6 Å². The lowest BCUT2D eigenvalue weighted by molar-refractivity contribution is -0.133. The Morgan fingerprint density at radius 1 is 1.10 bits per heavy atom. The fourth-order valence-corrected chi connectivity index (χ4v) is 3.63. The summed E-state index contributed by atoms with van der Waals surface area (Å²) in [6.07, 6.45) is 0.475. The molecule has 0 aromatic heterocycles. The molecule has 4 amide bonds. The molecule has 0 spiro atoms. The number of benzene rings is 2. The molecule has 2 aromatic rings. The van der Waals surface area contributed by atoms with Gasteiger partial charge in [-0.15, -0.1) is 0 Å². The van der Waals surface area contributed by atoms with Crippen molar-refractivity contribution in [3.8, 4) is 0 Å². The maximum atomic E-state index is 13.2. The largest absolute Gasteiger partial charge is 0.355 e. The molecule has 3 rings (SSSR count). The summed E-state index contributed by atoms with van der Waals surface area (Å²) in [5.41, 5.74) is 1.34. The minimum absolute atomic E-state index is 0.138. The van der Waals surface area contributed by atoms with Gasteiger partial charge in [0.05, 0.1) is 6.67 Å². The van der Waals surface area contributed by atoms with E-state index in [1.165, 1.54) is 4.90 Å². The third-order valence-corrected chi connectivity index (χ3v) is 5.25. The van der Waals surface area contributed by atoms with Crippen molar-refractivity contribution < 1.29 is 14.4 Å². The van der Waals surface area contributed by atoms with Crippen LogP contribution >= 0.6 is 0 Å². The molecule has 2 aromatic carbocycles. The highest BCUT2D eigenvalue weighted by molar-refractivity contribution is 6.07. The first-order valence-electron chi connectivity index (χ1n) is 9.60. The molecule has 0 aliphatic carbocycles. The maximum absolute atomic E-state index is 13.2. The number of carbonyl (C=O) groups is 3. The second-order valence-electron chi connectivity index (χ2n) is 7.22. The average Bonchev–Trinajstić information content (AvgIpc) is 2.99. The summed E-state index contributed by atoms with van der Waals surface area (Å²) < 4.78 is 0. The van der Waals surface area contributed by atoms with E-state index in [1.807, 2.05) is 61.3 Å². The Kier molecular flexibility index (Phi) is 5.98. The van der Waals surface area contributed by atoms with Crippen molar-refractivity contribution in [1.82, 2.24) is 20.4 Å². The van der Waals surface area contributed by atoms with E-state index in [-0.39, 0.29) is 24.5 Å². The van der Waals surface area contributed by atoms with Crippen LogP contribution in [0.3, 0.4) is 0 Å². The van der Waals surface area contributed by atoms with Crippen LogP contribution in [0.15, 0.2) is 54.6 Å². The molecule has 0 radical (unpaired) electrons. The Labute approximate surface area is 170 Å². The van der Waals surface area contributed by atoms with Crippen molar-refractivity contribution in [3.63, 3.8) is 0 Å². The van der Waals surface area contributed by atoms with E-state index in [1.54, 1.807) is 19.2 Å². The van der Waals surface area contributed by atoms with Crippen LogP contribution in [0.25, 0.3) is 0 Å². The van der Waals surface area contributed by atoms with Crippen molar-refractivity contribution in [2.45, 2.75) is 25.4 Å². The molecule has 7 nitrogen and oxygen atoms in total. The number of hydrogen-bond acceptors (Lipinski definition) is 4. The number of rotatable bonds is 7. The van der Waals surface area contributed by atoms with E-state index < -0.39 is 5.54 Å². The number of amides is 4. The van der Waals surface area contributed by atoms with Crippen molar-refractivity contribution in [2.24, 2.45) is 0 Å². The molecule has 152 valence electrons. The van der Waals surface area contributed by atoms with Crippen molar-refractivity contribution in [3.05, 3.63) is 71.3 Å². The second-order valence-corrected chi connectivity index (χ2v) is 7.22. The van der Waals surface area contributed by atoms with Gasteiger partial charge in [0.25, 0.3) is 11.8 Å². The first-order chi connectivity index (χ1) is 13.9. The highest BCUT2D eigenvalue weighted by Crippen LogP contribution is 2.32. The van der Waals surface area contributed by atoms with E-state index >= 15 is 0 Å². The minimum Gasteiger partial charge on any atom is -0.355 e. The quantitative estimate of drug-likeness (QED) is 0.706. The Morgan fingerprint density at radius 3 is 2.34 bits per heavy atom. The van der Waals surface area contributed by atoms with Gasteiger partial charge in [0.15, 0.2) is 0 Å². The standard InChI is InChI=1S/C22H26N4O3/c1-4-22(18-8-6-5-7-9-18)20(28)26(21(29)24-22)15-25(3)14-16-10-12-17(13-11-16)19(27)23-2/h5-13H,4,14-15H2,1-3H3,(H,23,27)(H,24,29)/t22-/m1/s1. The summed E-state index contributed by atoms with van der Waals surface area (Å²) in [6.45, 7) is 2.61. The van der Waals surface area contributed by atoms with Crippen LogP contribution in [0.2, 0.25) is 0 Å². The van der Waals surface area contributed by atoms with E-state index in [0.29, 0.717) is 18.5 Å². The highest BCUT2D eigenvalue weighted by Gasteiger charge is 2.51. The van der Waals surface area contributed by atoms with Gasteiger partial charge in [0.2, 0.25) is 0 Å². The van der Waals surface area contributed by atoms with Crippen LogP contribution in [0.4, 0.5) is 4.79 Å². The van der Waals surface area contributed by atoms with Crippen LogP contribution in [-0.4, -0.2) is 48.4 Å². The van der Waals surface area contributed by atoms with Crippen LogP contribution < -0.4 is 10.6 Å². The van der Waals surface area contributed by atoms with Gasteiger partial charge in [-0.25, -0.2) is 9.69 Å². The van der Waals surface area contributed by atoms with Gasteiger partial charge in [-0.1, -0.05) is 49.4 Å². The van der Waals surface area contributed by atoms with Crippen LogP contribution in [-0.2, 0) is 16.9 Å². The molecule has 1 fully saturated rings. The summed E-state index contributed by atoms with van der Waals surface area (Å²) >= 11 is 0. The normalized spacial score (nSPS) is 18.8.